The van der Waals surface area contributed by atoms with Crippen molar-refractivity contribution < 1.29 is 19.1 Å². The normalized spacial score (nSPS) is 21.5. The lowest BCUT2D eigenvalue weighted by atomic mass is 9.74. The number of hydrogen-bond acceptors (Lipinski definition) is 4. The number of carbonyl (C=O) groups excluding carboxylic acids is 2. The number of fused-ring (bicyclic) bond motifs is 1. The highest BCUT2D eigenvalue weighted by atomic mass is 79.9. The molecular weight excluding hydrogens is 348 g/mol. The van der Waals surface area contributed by atoms with Crippen molar-refractivity contribution in [3.63, 3.8) is 0 Å². The molecule has 2 rings (SSSR count). The van der Waals surface area contributed by atoms with Crippen molar-refractivity contribution >= 4 is 27.7 Å². The molecule has 0 bridgehead atoms. The molecule has 0 radical (unpaired) electrons. The van der Waals surface area contributed by atoms with E-state index >= 15 is 0 Å². The Labute approximate surface area is 139 Å². The summed E-state index contributed by atoms with van der Waals surface area (Å²) in [5, 5.41) is 0.325. The maximum atomic E-state index is 12.4. The van der Waals surface area contributed by atoms with Gasteiger partial charge >= 0.3 is 5.97 Å². The molecule has 0 aliphatic carbocycles. The Balaban J connectivity index is 2.39. The van der Waals surface area contributed by atoms with Gasteiger partial charge in [0.05, 0.1) is 30.4 Å². The monoisotopic (exact) mass is 368 g/mol. The van der Waals surface area contributed by atoms with E-state index in [0.717, 1.165) is 16.9 Å². The van der Waals surface area contributed by atoms with E-state index in [1.165, 1.54) is 7.11 Å². The van der Waals surface area contributed by atoms with Gasteiger partial charge in [-0.2, -0.15) is 0 Å². The van der Waals surface area contributed by atoms with Gasteiger partial charge in [0.2, 0.25) is 0 Å². The summed E-state index contributed by atoms with van der Waals surface area (Å²) in [4.78, 5) is 24.0. The van der Waals surface area contributed by atoms with Crippen LogP contribution in [0.5, 0.6) is 5.75 Å². The molecule has 1 unspecified atom stereocenters. The predicted octanol–water partition coefficient (Wildman–Crippen LogP) is 3.04. The number of carbonyl (C=O) groups is 2. The lowest BCUT2D eigenvalue weighted by molar-refractivity contribution is -0.144. The predicted molar refractivity (Wildman–Crippen MR) is 87.6 cm³/mol. The summed E-state index contributed by atoms with van der Waals surface area (Å²) in [6.45, 7) is 4.30. The van der Waals surface area contributed by atoms with Crippen LogP contribution in [0.15, 0.2) is 18.2 Å². The molecule has 5 heteroatoms. The van der Waals surface area contributed by atoms with Crippen molar-refractivity contribution in [3.8, 4) is 5.75 Å². The van der Waals surface area contributed by atoms with Gasteiger partial charge in [-0.3, -0.25) is 9.59 Å². The molecule has 22 heavy (non-hydrogen) atoms. The van der Waals surface area contributed by atoms with Gasteiger partial charge in [0.1, 0.15) is 5.75 Å². The average Bonchev–Trinajstić information content (AvgIpc) is 2.54. The summed E-state index contributed by atoms with van der Waals surface area (Å²) >= 11 is 3.27. The van der Waals surface area contributed by atoms with E-state index in [-0.39, 0.29) is 17.7 Å². The van der Waals surface area contributed by atoms with Crippen molar-refractivity contribution in [3.05, 3.63) is 29.3 Å². The topological polar surface area (TPSA) is 52.6 Å². The Morgan fingerprint density at radius 2 is 2.18 bits per heavy atom. The number of para-hydroxylation sites is 1. The fraction of sp³-hybridized carbons (Fsp3) is 0.529. The summed E-state index contributed by atoms with van der Waals surface area (Å²) in [5.74, 6) is 0.407. The zero-order chi connectivity index (χ0) is 16.3. The SMILES string of the molecule is COC(=O)[C@@H](C)Cc1cccc2c1OCCC2(C)C(=O)CBr. The van der Waals surface area contributed by atoms with Crippen LogP contribution in [0.1, 0.15) is 31.4 Å². The minimum absolute atomic E-state index is 0.148. The van der Waals surface area contributed by atoms with Gasteiger partial charge in [-0.25, -0.2) is 0 Å². The van der Waals surface area contributed by atoms with E-state index in [2.05, 4.69) is 15.9 Å². The molecule has 1 aromatic rings. The van der Waals surface area contributed by atoms with Crippen LogP contribution in [0.25, 0.3) is 0 Å². The van der Waals surface area contributed by atoms with E-state index in [0.29, 0.717) is 24.8 Å². The minimum Gasteiger partial charge on any atom is -0.493 e. The van der Waals surface area contributed by atoms with Crippen LogP contribution in [0.2, 0.25) is 0 Å². The molecule has 0 saturated carbocycles. The number of hydrogen-bond donors (Lipinski definition) is 0. The summed E-state index contributed by atoms with van der Waals surface area (Å²) in [6, 6.07) is 5.82. The number of halogens is 1. The Morgan fingerprint density at radius 3 is 2.82 bits per heavy atom. The van der Waals surface area contributed by atoms with Gasteiger partial charge in [-0.15, -0.1) is 0 Å². The Kier molecular flexibility index (Phi) is 5.27. The molecule has 0 fully saturated rings. The molecule has 0 aromatic heterocycles. The third-order valence-corrected chi connectivity index (χ3v) is 4.92. The van der Waals surface area contributed by atoms with E-state index in [4.69, 9.17) is 9.47 Å². The fourth-order valence-corrected chi connectivity index (χ4v) is 3.51. The van der Waals surface area contributed by atoms with Crippen LogP contribution >= 0.6 is 15.9 Å². The molecule has 0 amide bonds. The first-order valence-corrected chi connectivity index (χ1v) is 8.48. The third kappa shape index (κ3) is 3.05. The van der Waals surface area contributed by atoms with E-state index in [1.807, 2.05) is 32.0 Å². The van der Waals surface area contributed by atoms with Gasteiger partial charge in [0, 0.05) is 5.56 Å². The zero-order valence-corrected chi connectivity index (χ0v) is 14.7. The third-order valence-electron chi connectivity index (χ3n) is 4.41. The summed E-state index contributed by atoms with van der Waals surface area (Å²) < 4.78 is 10.6. The maximum Gasteiger partial charge on any atom is 0.308 e. The lowest BCUT2D eigenvalue weighted by Gasteiger charge is -2.35. The highest BCUT2D eigenvalue weighted by Crippen LogP contribution is 2.42. The quantitative estimate of drug-likeness (QED) is 0.591. The van der Waals surface area contributed by atoms with Gasteiger partial charge in [0.25, 0.3) is 0 Å². The van der Waals surface area contributed by atoms with Crippen LogP contribution < -0.4 is 4.74 Å². The van der Waals surface area contributed by atoms with Gasteiger partial charge < -0.3 is 9.47 Å². The van der Waals surface area contributed by atoms with Gasteiger partial charge in [-0.05, 0) is 25.3 Å². The number of Topliss-reactive ketones (excluding diaryl/α,β-unsaturated/α-hetero) is 1. The molecular formula is C17H21BrO4. The van der Waals surface area contributed by atoms with Crippen molar-refractivity contribution in [2.24, 2.45) is 5.92 Å². The van der Waals surface area contributed by atoms with E-state index < -0.39 is 5.41 Å². The number of rotatable bonds is 5. The molecule has 120 valence electrons. The van der Waals surface area contributed by atoms with E-state index in [1.54, 1.807) is 0 Å². The second-order valence-electron chi connectivity index (χ2n) is 5.91. The first-order valence-electron chi connectivity index (χ1n) is 7.36. The largest absolute Gasteiger partial charge is 0.493 e. The number of alkyl halides is 1. The molecule has 4 nitrogen and oxygen atoms in total. The highest BCUT2D eigenvalue weighted by molar-refractivity contribution is 9.09. The number of ether oxygens (including phenoxy) is 2. The van der Waals surface area contributed by atoms with Crippen LogP contribution in [0.4, 0.5) is 0 Å². The summed E-state index contributed by atoms with van der Waals surface area (Å²) in [5.41, 5.74) is 1.32. The Morgan fingerprint density at radius 1 is 1.45 bits per heavy atom. The van der Waals surface area contributed by atoms with Gasteiger partial charge in [-0.1, -0.05) is 41.1 Å². The number of esters is 1. The van der Waals surface area contributed by atoms with Gasteiger partial charge in [0.15, 0.2) is 5.78 Å². The molecule has 1 aliphatic rings. The first-order chi connectivity index (χ1) is 10.4. The minimum atomic E-state index is -0.540. The Hall–Kier alpha value is -1.36. The molecule has 0 saturated heterocycles. The number of ketones is 1. The zero-order valence-electron chi connectivity index (χ0n) is 13.1. The molecule has 1 aliphatic heterocycles. The summed E-state index contributed by atoms with van der Waals surface area (Å²) in [7, 11) is 1.39. The van der Waals surface area contributed by atoms with Crippen molar-refractivity contribution in [1.29, 1.82) is 0 Å². The number of methoxy groups -OCH3 is 1. The Bertz CT molecular complexity index is 584. The summed E-state index contributed by atoms with van der Waals surface area (Å²) in [6.07, 6.45) is 1.20. The van der Waals surface area contributed by atoms with E-state index in [9.17, 15) is 9.59 Å². The van der Waals surface area contributed by atoms with Crippen LogP contribution in [0.3, 0.4) is 0 Å². The first kappa shape index (κ1) is 17.0. The molecule has 0 spiro atoms. The molecule has 1 heterocycles. The van der Waals surface area contributed by atoms with Crippen molar-refractivity contribution in [1.82, 2.24) is 0 Å². The highest BCUT2D eigenvalue weighted by Gasteiger charge is 2.40. The average molecular weight is 369 g/mol. The second kappa shape index (κ2) is 6.82. The standard InChI is InChI=1S/C17H21BrO4/c1-11(16(20)21-3)9-12-5-4-6-13-15(12)22-8-7-17(13,2)14(19)10-18/h4-6,11H,7-10H2,1-3H3/t11-,17?/m0/s1. The van der Waals surface area contributed by atoms with Crippen LogP contribution in [0, 0.1) is 5.92 Å². The molecule has 2 atom stereocenters. The maximum absolute atomic E-state index is 12.4. The fourth-order valence-electron chi connectivity index (χ4n) is 2.89. The lowest BCUT2D eigenvalue weighted by Crippen LogP contribution is -2.39. The smallest absolute Gasteiger partial charge is 0.308 e. The van der Waals surface area contributed by atoms with Crippen molar-refractivity contribution in [2.75, 3.05) is 19.0 Å². The van der Waals surface area contributed by atoms with Crippen molar-refractivity contribution in [2.45, 2.75) is 32.1 Å². The molecule has 1 aromatic carbocycles. The van der Waals surface area contributed by atoms with Crippen LogP contribution in [-0.4, -0.2) is 30.8 Å². The second-order valence-corrected chi connectivity index (χ2v) is 6.47. The van der Waals surface area contributed by atoms with Crippen LogP contribution in [-0.2, 0) is 26.2 Å². The molecule has 0 N–H and O–H groups in total. The number of benzene rings is 1.